The summed E-state index contributed by atoms with van der Waals surface area (Å²) >= 11 is 0. The van der Waals surface area contributed by atoms with Gasteiger partial charge in [0.25, 0.3) is 5.69 Å². The van der Waals surface area contributed by atoms with Gasteiger partial charge in [0.1, 0.15) is 0 Å². The summed E-state index contributed by atoms with van der Waals surface area (Å²) in [6.45, 7) is 3.22. The number of hydrogen-bond acceptors (Lipinski definition) is 5. The van der Waals surface area contributed by atoms with Crippen molar-refractivity contribution in [3.63, 3.8) is 0 Å². The molecule has 0 aliphatic heterocycles. The Bertz CT molecular complexity index is 712. The van der Waals surface area contributed by atoms with Crippen LogP contribution in [0.5, 0.6) is 0 Å². The van der Waals surface area contributed by atoms with E-state index >= 15 is 0 Å². The van der Waals surface area contributed by atoms with E-state index < -0.39 is 20.8 Å². The highest BCUT2D eigenvalue weighted by atomic mass is 32.2. The first kappa shape index (κ1) is 18.8. The molecule has 8 heteroatoms. The number of likely N-dealkylation sites (N-methyl/N-ethyl adjacent to an activating group) is 1. The lowest BCUT2D eigenvalue weighted by Gasteiger charge is -2.23. The number of carbonyl (C=O) groups excluding carboxylic acids is 1. The fraction of sp³-hybridized carbons (Fsp3) is 0.400. The second-order valence-corrected chi connectivity index (χ2v) is 7.58. The zero-order valence-electron chi connectivity index (χ0n) is 13.3. The Kier molecular flexibility index (Phi) is 6.44. The molecule has 0 bridgehead atoms. The molecule has 0 fully saturated rings. The van der Waals surface area contributed by atoms with Crippen LogP contribution in [-0.2, 0) is 14.6 Å². The maximum atomic E-state index is 12.1. The first-order valence-electron chi connectivity index (χ1n) is 7.06. The summed E-state index contributed by atoms with van der Waals surface area (Å²) in [4.78, 5) is 23.6. The van der Waals surface area contributed by atoms with Gasteiger partial charge >= 0.3 is 0 Å². The van der Waals surface area contributed by atoms with Crippen LogP contribution >= 0.6 is 0 Å². The van der Waals surface area contributed by atoms with Gasteiger partial charge in [-0.15, -0.1) is 0 Å². The number of nitrogens with zero attached hydrogens (tertiary/aromatic N) is 2. The lowest BCUT2D eigenvalue weighted by molar-refractivity contribution is -0.384. The van der Waals surface area contributed by atoms with Crippen LogP contribution in [0.1, 0.15) is 19.4 Å². The van der Waals surface area contributed by atoms with Gasteiger partial charge in [0, 0.05) is 37.1 Å². The molecule has 1 aromatic rings. The molecule has 0 aliphatic rings. The van der Waals surface area contributed by atoms with Gasteiger partial charge in [0.2, 0.25) is 5.91 Å². The zero-order valence-corrected chi connectivity index (χ0v) is 14.1. The highest BCUT2D eigenvalue weighted by molar-refractivity contribution is 7.91. The summed E-state index contributed by atoms with van der Waals surface area (Å²) in [6.07, 6.45) is 2.74. The number of rotatable bonds is 7. The minimum atomic E-state index is -3.17. The fourth-order valence-corrected chi connectivity index (χ4v) is 3.04. The summed E-state index contributed by atoms with van der Waals surface area (Å²) in [5, 5.41) is 10.7. The van der Waals surface area contributed by atoms with Gasteiger partial charge < -0.3 is 4.90 Å². The summed E-state index contributed by atoms with van der Waals surface area (Å²) in [5.41, 5.74) is 0.463. The number of non-ortho nitro benzene ring substituents is 1. The number of nitro groups is 1. The predicted octanol–water partition coefficient (Wildman–Crippen LogP) is 1.89. The van der Waals surface area contributed by atoms with Crippen LogP contribution in [0.4, 0.5) is 5.69 Å². The molecular weight excluding hydrogens is 320 g/mol. The van der Waals surface area contributed by atoms with Crippen molar-refractivity contribution >= 4 is 27.5 Å². The molecule has 1 rings (SSSR count). The van der Waals surface area contributed by atoms with E-state index in [0.717, 1.165) is 0 Å². The van der Waals surface area contributed by atoms with Gasteiger partial charge in [-0.05, 0) is 18.6 Å². The van der Waals surface area contributed by atoms with Crippen LogP contribution < -0.4 is 0 Å². The van der Waals surface area contributed by atoms with Crippen LogP contribution in [0.25, 0.3) is 6.08 Å². The Hall–Kier alpha value is -2.22. The smallest absolute Gasteiger partial charge is 0.270 e. The molecule has 0 unspecified atom stereocenters. The SMILES string of the molecule is CCS(=O)(=O)C[C@@H](C)N(C)C(=O)/C=C/c1cccc([N+](=O)[O-])c1. The Balaban J connectivity index is 2.78. The number of sulfone groups is 1. The molecule has 7 nitrogen and oxygen atoms in total. The normalized spacial score (nSPS) is 13.0. The molecular formula is C15H20N2O5S. The highest BCUT2D eigenvalue weighted by Gasteiger charge is 2.19. The van der Waals surface area contributed by atoms with Gasteiger partial charge in [0.15, 0.2) is 9.84 Å². The maximum absolute atomic E-state index is 12.1. The Labute approximate surface area is 135 Å². The molecule has 0 heterocycles. The van der Waals surface area contributed by atoms with Crippen LogP contribution in [0.3, 0.4) is 0 Å². The molecule has 0 saturated heterocycles. The minimum absolute atomic E-state index is 0.0306. The highest BCUT2D eigenvalue weighted by Crippen LogP contribution is 2.14. The number of hydrogen-bond donors (Lipinski definition) is 0. The van der Waals surface area contributed by atoms with Crippen molar-refractivity contribution in [2.75, 3.05) is 18.6 Å². The van der Waals surface area contributed by atoms with E-state index in [1.165, 1.54) is 42.3 Å². The number of benzene rings is 1. The Morgan fingerprint density at radius 1 is 1.43 bits per heavy atom. The van der Waals surface area contributed by atoms with Gasteiger partial charge in [-0.25, -0.2) is 8.42 Å². The first-order chi connectivity index (χ1) is 10.7. The lowest BCUT2D eigenvalue weighted by atomic mass is 10.2. The molecule has 0 N–H and O–H groups in total. The lowest BCUT2D eigenvalue weighted by Crippen LogP contribution is -2.38. The van der Waals surface area contributed by atoms with Crippen molar-refractivity contribution in [3.05, 3.63) is 46.0 Å². The van der Waals surface area contributed by atoms with E-state index in [1.807, 2.05) is 0 Å². The van der Waals surface area contributed by atoms with Crippen molar-refractivity contribution in [2.24, 2.45) is 0 Å². The van der Waals surface area contributed by atoms with E-state index in [4.69, 9.17) is 0 Å². The van der Waals surface area contributed by atoms with Gasteiger partial charge in [-0.3, -0.25) is 14.9 Å². The Morgan fingerprint density at radius 2 is 2.09 bits per heavy atom. The summed E-state index contributed by atoms with van der Waals surface area (Å²) in [6, 6.07) is 5.43. The monoisotopic (exact) mass is 340 g/mol. The molecule has 1 aromatic carbocycles. The van der Waals surface area contributed by atoms with E-state index in [9.17, 15) is 23.3 Å². The van der Waals surface area contributed by atoms with Crippen LogP contribution in [0.15, 0.2) is 30.3 Å². The molecule has 126 valence electrons. The maximum Gasteiger partial charge on any atom is 0.270 e. The molecule has 0 spiro atoms. The number of nitro benzene ring substituents is 1. The van der Waals surface area contributed by atoms with Crippen molar-refractivity contribution in [1.82, 2.24) is 4.90 Å². The largest absolute Gasteiger partial charge is 0.338 e. The Morgan fingerprint density at radius 3 is 2.65 bits per heavy atom. The van der Waals surface area contributed by atoms with Crippen molar-refractivity contribution in [2.45, 2.75) is 19.9 Å². The number of carbonyl (C=O) groups is 1. The van der Waals surface area contributed by atoms with Crippen molar-refractivity contribution in [1.29, 1.82) is 0 Å². The molecule has 0 aromatic heterocycles. The summed E-state index contributed by atoms with van der Waals surface area (Å²) in [7, 11) is -1.65. The third kappa shape index (κ3) is 5.82. The van der Waals surface area contributed by atoms with Crippen LogP contribution in [0, 0.1) is 10.1 Å². The molecule has 23 heavy (non-hydrogen) atoms. The zero-order chi connectivity index (χ0) is 17.6. The van der Waals surface area contributed by atoms with Gasteiger partial charge in [0.05, 0.1) is 10.7 Å². The minimum Gasteiger partial charge on any atom is -0.338 e. The van der Waals surface area contributed by atoms with Crippen molar-refractivity contribution in [3.8, 4) is 0 Å². The van der Waals surface area contributed by atoms with E-state index in [-0.39, 0.29) is 23.1 Å². The van der Waals surface area contributed by atoms with E-state index in [0.29, 0.717) is 5.56 Å². The van der Waals surface area contributed by atoms with Crippen molar-refractivity contribution < 1.29 is 18.1 Å². The molecule has 0 aliphatic carbocycles. The molecule has 0 saturated carbocycles. The van der Waals surface area contributed by atoms with E-state index in [1.54, 1.807) is 19.9 Å². The fourth-order valence-electron chi connectivity index (χ4n) is 1.84. The number of amides is 1. The topological polar surface area (TPSA) is 97.6 Å². The average molecular weight is 340 g/mol. The van der Waals surface area contributed by atoms with E-state index in [2.05, 4.69) is 0 Å². The molecule has 1 atom stereocenters. The quantitative estimate of drug-likeness (QED) is 0.429. The average Bonchev–Trinajstić information content (AvgIpc) is 2.51. The molecule has 0 radical (unpaired) electrons. The molecule has 1 amide bonds. The predicted molar refractivity (Wildman–Crippen MR) is 88.7 cm³/mol. The van der Waals surface area contributed by atoms with Crippen LogP contribution in [-0.4, -0.2) is 48.7 Å². The second-order valence-electron chi connectivity index (χ2n) is 5.18. The van der Waals surface area contributed by atoms with Crippen LogP contribution in [0.2, 0.25) is 0 Å². The first-order valence-corrected chi connectivity index (χ1v) is 8.88. The standard InChI is InChI=1S/C15H20N2O5S/c1-4-23(21,22)11-12(2)16(3)15(18)9-8-13-6-5-7-14(10-13)17(19)20/h5-10,12H,4,11H2,1-3H3/b9-8+/t12-/m1/s1. The third-order valence-electron chi connectivity index (χ3n) is 3.44. The van der Waals surface area contributed by atoms with Gasteiger partial charge in [-0.2, -0.15) is 0 Å². The summed E-state index contributed by atoms with van der Waals surface area (Å²) < 4.78 is 23.2. The van der Waals surface area contributed by atoms with Gasteiger partial charge in [-0.1, -0.05) is 19.1 Å². The third-order valence-corrected chi connectivity index (χ3v) is 5.31. The summed E-state index contributed by atoms with van der Waals surface area (Å²) in [5.74, 6) is -0.436. The second kappa shape index (κ2) is 7.87.